The van der Waals surface area contributed by atoms with E-state index in [1.54, 1.807) is 11.8 Å². The zero-order valence-electron chi connectivity index (χ0n) is 9.90. The first-order chi connectivity index (χ1) is 7.65. The van der Waals surface area contributed by atoms with Crippen LogP contribution in [-0.2, 0) is 0 Å². The fourth-order valence-electron chi connectivity index (χ4n) is 1.46. The predicted octanol–water partition coefficient (Wildman–Crippen LogP) is 2.93. The SMILES string of the molecule is Cc1ccc(NC2=NC(C(C)C)CS2)cn1. The summed E-state index contributed by atoms with van der Waals surface area (Å²) >= 11 is 1.79. The minimum atomic E-state index is 0.450. The second-order valence-electron chi connectivity index (χ2n) is 4.37. The van der Waals surface area contributed by atoms with Gasteiger partial charge in [-0.3, -0.25) is 9.98 Å². The van der Waals surface area contributed by atoms with Crippen LogP contribution in [0.4, 0.5) is 5.69 Å². The van der Waals surface area contributed by atoms with E-state index in [9.17, 15) is 0 Å². The molecule has 0 amide bonds. The van der Waals surface area contributed by atoms with Crippen LogP contribution >= 0.6 is 11.8 Å². The first kappa shape index (κ1) is 11.5. The minimum absolute atomic E-state index is 0.450. The normalized spacial score (nSPS) is 20.0. The Morgan fingerprint density at radius 2 is 2.25 bits per heavy atom. The van der Waals surface area contributed by atoms with Crippen molar-refractivity contribution in [2.24, 2.45) is 10.9 Å². The standard InChI is InChI=1S/C12H17N3S/c1-8(2)11-7-16-12(15-11)14-10-5-4-9(3)13-6-10/h4-6,8,11H,7H2,1-3H3,(H,14,15). The molecule has 1 aromatic heterocycles. The van der Waals surface area contributed by atoms with E-state index in [0.717, 1.165) is 22.3 Å². The summed E-state index contributed by atoms with van der Waals surface area (Å²) in [5, 5.41) is 4.32. The number of aliphatic imine (C=N–C) groups is 1. The molecule has 3 nitrogen and oxygen atoms in total. The quantitative estimate of drug-likeness (QED) is 0.856. The average molecular weight is 235 g/mol. The van der Waals surface area contributed by atoms with Crippen LogP contribution < -0.4 is 5.32 Å². The van der Waals surface area contributed by atoms with Crippen LogP contribution in [0.5, 0.6) is 0 Å². The third-order valence-electron chi connectivity index (χ3n) is 2.61. The first-order valence-corrected chi connectivity index (χ1v) is 6.54. The third-order valence-corrected chi connectivity index (χ3v) is 3.60. The molecule has 1 N–H and O–H groups in total. The maximum absolute atomic E-state index is 4.65. The second-order valence-corrected chi connectivity index (χ2v) is 5.38. The average Bonchev–Trinajstić information content (AvgIpc) is 2.70. The number of hydrogen-bond donors (Lipinski definition) is 1. The molecule has 4 heteroatoms. The van der Waals surface area contributed by atoms with Gasteiger partial charge in [0.05, 0.1) is 17.9 Å². The molecule has 0 bridgehead atoms. The van der Waals surface area contributed by atoms with Crippen LogP contribution in [0.1, 0.15) is 19.5 Å². The number of hydrogen-bond acceptors (Lipinski definition) is 4. The van der Waals surface area contributed by atoms with Crippen LogP contribution in [0.15, 0.2) is 23.3 Å². The molecule has 0 spiro atoms. The predicted molar refractivity (Wildman–Crippen MR) is 71.1 cm³/mol. The van der Waals surface area contributed by atoms with Gasteiger partial charge in [-0.2, -0.15) is 0 Å². The van der Waals surface area contributed by atoms with Gasteiger partial charge in [0.15, 0.2) is 5.17 Å². The number of nitrogens with one attached hydrogen (secondary N) is 1. The van der Waals surface area contributed by atoms with E-state index in [1.165, 1.54) is 0 Å². The number of anilines is 1. The molecular weight excluding hydrogens is 218 g/mol. The highest BCUT2D eigenvalue weighted by molar-refractivity contribution is 8.14. The van der Waals surface area contributed by atoms with Gasteiger partial charge in [0.1, 0.15) is 0 Å². The van der Waals surface area contributed by atoms with Crippen LogP contribution in [0, 0.1) is 12.8 Å². The first-order valence-electron chi connectivity index (χ1n) is 5.55. The van der Waals surface area contributed by atoms with Gasteiger partial charge in [0.2, 0.25) is 0 Å². The molecule has 0 saturated carbocycles. The Morgan fingerprint density at radius 3 is 2.81 bits per heavy atom. The largest absolute Gasteiger partial charge is 0.334 e. The highest BCUT2D eigenvalue weighted by atomic mass is 32.2. The number of nitrogens with zero attached hydrogens (tertiary/aromatic N) is 2. The lowest BCUT2D eigenvalue weighted by molar-refractivity contribution is 0.543. The Bertz CT molecular complexity index is 384. The fraction of sp³-hybridized carbons (Fsp3) is 0.500. The molecule has 1 atom stereocenters. The van der Waals surface area contributed by atoms with Gasteiger partial charge in [-0.25, -0.2) is 0 Å². The van der Waals surface area contributed by atoms with Crippen LogP contribution in [0.25, 0.3) is 0 Å². The molecule has 1 aromatic rings. The molecule has 0 aromatic carbocycles. The maximum atomic E-state index is 4.65. The molecular formula is C12H17N3S. The van der Waals surface area contributed by atoms with Crippen molar-refractivity contribution < 1.29 is 0 Å². The van der Waals surface area contributed by atoms with Crippen molar-refractivity contribution in [1.29, 1.82) is 0 Å². The Hall–Kier alpha value is -1.03. The topological polar surface area (TPSA) is 37.3 Å². The van der Waals surface area contributed by atoms with E-state index in [0.29, 0.717) is 12.0 Å². The summed E-state index contributed by atoms with van der Waals surface area (Å²) in [4.78, 5) is 8.89. The molecule has 1 unspecified atom stereocenters. The Morgan fingerprint density at radius 1 is 1.44 bits per heavy atom. The Kier molecular flexibility index (Phi) is 3.49. The smallest absolute Gasteiger partial charge is 0.161 e. The summed E-state index contributed by atoms with van der Waals surface area (Å²) in [6, 6.07) is 4.49. The lowest BCUT2D eigenvalue weighted by Gasteiger charge is -2.08. The third kappa shape index (κ3) is 2.76. The van der Waals surface area contributed by atoms with Crippen LogP contribution in [0.3, 0.4) is 0 Å². The lowest BCUT2D eigenvalue weighted by Crippen LogP contribution is -2.12. The fourth-order valence-corrected chi connectivity index (χ4v) is 2.65. The number of pyridine rings is 1. The zero-order chi connectivity index (χ0) is 11.5. The van der Waals surface area contributed by atoms with Crippen molar-refractivity contribution in [1.82, 2.24) is 4.98 Å². The number of aryl methyl sites for hydroxylation is 1. The number of aromatic nitrogens is 1. The highest BCUT2D eigenvalue weighted by Crippen LogP contribution is 2.24. The molecule has 0 radical (unpaired) electrons. The summed E-state index contributed by atoms with van der Waals surface area (Å²) in [6.45, 7) is 6.41. The van der Waals surface area contributed by atoms with E-state index in [1.807, 2.05) is 25.3 Å². The Balaban J connectivity index is 2.01. The maximum Gasteiger partial charge on any atom is 0.161 e. The van der Waals surface area contributed by atoms with Crippen molar-refractivity contribution in [3.8, 4) is 0 Å². The Labute approximate surface area is 101 Å². The summed E-state index contributed by atoms with van der Waals surface area (Å²) in [6.07, 6.45) is 1.85. The lowest BCUT2D eigenvalue weighted by atomic mass is 10.1. The van der Waals surface area contributed by atoms with Crippen molar-refractivity contribution in [3.63, 3.8) is 0 Å². The molecule has 2 rings (SSSR count). The molecule has 1 aliphatic heterocycles. The van der Waals surface area contributed by atoms with Gasteiger partial charge in [-0.15, -0.1) is 0 Å². The van der Waals surface area contributed by atoms with E-state index in [2.05, 4.69) is 29.1 Å². The highest BCUT2D eigenvalue weighted by Gasteiger charge is 2.20. The zero-order valence-corrected chi connectivity index (χ0v) is 10.7. The van der Waals surface area contributed by atoms with Crippen molar-refractivity contribution in [2.75, 3.05) is 11.1 Å². The van der Waals surface area contributed by atoms with Crippen molar-refractivity contribution in [3.05, 3.63) is 24.0 Å². The van der Waals surface area contributed by atoms with Crippen LogP contribution in [0.2, 0.25) is 0 Å². The van der Waals surface area contributed by atoms with Gasteiger partial charge >= 0.3 is 0 Å². The summed E-state index contributed by atoms with van der Waals surface area (Å²) in [7, 11) is 0. The van der Waals surface area contributed by atoms with Gasteiger partial charge < -0.3 is 5.32 Å². The minimum Gasteiger partial charge on any atom is -0.334 e. The van der Waals surface area contributed by atoms with Crippen LogP contribution in [-0.4, -0.2) is 21.9 Å². The van der Waals surface area contributed by atoms with E-state index in [4.69, 9.17) is 0 Å². The summed E-state index contributed by atoms with van der Waals surface area (Å²) < 4.78 is 0. The molecule has 16 heavy (non-hydrogen) atoms. The van der Waals surface area contributed by atoms with Gasteiger partial charge in [0, 0.05) is 11.4 Å². The van der Waals surface area contributed by atoms with Gasteiger partial charge in [-0.05, 0) is 25.0 Å². The van der Waals surface area contributed by atoms with E-state index >= 15 is 0 Å². The second kappa shape index (κ2) is 4.87. The van der Waals surface area contributed by atoms with E-state index < -0.39 is 0 Å². The summed E-state index contributed by atoms with van der Waals surface area (Å²) in [5.74, 6) is 1.70. The molecule has 2 heterocycles. The number of amidine groups is 1. The number of rotatable bonds is 2. The molecule has 1 aliphatic rings. The molecule has 0 fully saturated rings. The van der Waals surface area contributed by atoms with Crippen molar-refractivity contribution >= 4 is 22.6 Å². The molecule has 86 valence electrons. The van der Waals surface area contributed by atoms with Gasteiger partial charge in [0.25, 0.3) is 0 Å². The van der Waals surface area contributed by atoms with Crippen molar-refractivity contribution in [2.45, 2.75) is 26.8 Å². The van der Waals surface area contributed by atoms with E-state index in [-0.39, 0.29) is 0 Å². The van der Waals surface area contributed by atoms with Gasteiger partial charge in [-0.1, -0.05) is 25.6 Å². The molecule has 0 saturated heterocycles. The monoisotopic (exact) mass is 235 g/mol. The molecule has 0 aliphatic carbocycles. The summed E-state index contributed by atoms with van der Waals surface area (Å²) in [5.41, 5.74) is 2.05. The number of thioether (sulfide) groups is 1.